The molecule has 4 rings (SSSR count). The molecule has 1 aromatic carbocycles. The number of rotatable bonds is 3. The molecule has 4 aromatic rings. The minimum absolute atomic E-state index is 0.244. The molecule has 3 heterocycles. The summed E-state index contributed by atoms with van der Waals surface area (Å²) in [5.74, 6) is -0.244. The molecule has 0 aliphatic rings. The number of nitrogens with zero attached hydrogens (tertiary/aromatic N) is 2. The number of H-pyrrole nitrogens is 1. The highest BCUT2D eigenvalue weighted by Gasteiger charge is 2.20. The van der Waals surface area contributed by atoms with Crippen LogP contribution < -0.4 is 0 Å². The van der Waals surface area contributed by atoms with Crippen LogP contribution in [0.25, 0.3) is 22.2 Å². The maximum absolute atomic E-state index is 13.0. The first-order valence-electron chi connectivity index (χ1n) is 7.51. The molecule has 1 N–H and O–H groups in total. The van der Waals surface area contributed by atoms with E-state index in [0.29, 0.717) is 32.2 Å². The van der Waals surface area contributed by atoms with Gasteiger partial charge in [0.1, 0.15) is 5.65 Å². The van der Waals surface area contributed by atoms with Gasteiger partial charge < -0.3 is 4.98 Å². The highest BCUT2D eigenvalue weighted by molar-refractivity contribution is 6.41. The van der Waals surface area contributed by atoms with E-state index in [-0.39, 0.29) is 5.78 Å². The van der Waals surface area contributed by atoms with Gasteiger partial charge in [0.15, 0.2) is 5.78 Å². The van der Waals surface area contributed by atoms with Crippen LogP contribution in [0.1, 0.15) is 15.9 Å². The number of nitrogens with one attached hydrogen (secondary N) is 1. The second kappa shape index (κ2) is 6.31. The first kappa shape index (κ1) is 15.8. The van der Waals surface area contributed by atoms with Gasteiger partial charge in [-0.05, 0) is 24.3 Å². The van der Waals surface area contributed by atoms with Crippen molar-refractivity contribution in [2.45, 2.75) is 0 Å². The van der Waals surface area contributed by atoms with Crippen molar-refractivity contribution in [3.05, 3.63) is 82.4 Å². The molecule has 0 saturated carbocycles. The topological polar surface area (TPSA) is 58.6 Å². The van der Waals surface area contributed by atoms with E-state index in [2.05, 4.69) is 15.0 Å². The van der Waals surface area contributed by atoms with Gasteiger partial charge in [0.2, 0.25) is 0 Å². The van der Waals surface area contributed by atoms with Crippen LogP contribution in [0.3, 0.4) is 0 Å². The van der Waals surface area contributed by atoms with Gasteiger partial charge in [-0.15, -0.1) is 0 Å². The number of ketones is 1. The average molecular weight is 368 g/mol. The van der Waals surface area contributed by atoms with Crippen molar-refractivity contribution in [1.82, 2.24) is 15.0 Å². The summed E-state index contributed by atoms with van der Waals surface area (Å²) in [4.78, 5) is 24.5. The van der Waals surface area contributed by atoms with Gasteiger partial charge in [-0.3, -0.25) is 9.78 Å². The molecular formula is C19H11Cl2N3O. The summed E-state index contributed by atoms with van der Waals surface area (Å²) in [6, 6.07) is 10.7. The van der Waals surface area contributed by atoms with Crippen LogP contribution in [-0.2, 0) is 0 Å². The Morgan fingerprint density at radius 3 is 2.52 bits per heavy atom. The number of hydrogen-bond acceptors (Lipinski definition) is 3. The summed E-state index contributed by atoms with van der Waals surface area (Å²) in [7, 11) is 0. The van der Waals surface area contributed by atoms with Crippen molar-refractivity contribution in [3.63, 3.8) is 0 Å². The van der Waals surface area contributed by atoms with Gasteiger partial charge in [-0.1, -0.05) is 35.3 Å². The van der Waals surface area contributed by atoms with Crippen LogP contribution in [-0.4, -0.2) is 20.7 Å². The molecule has 0 radical (unpaired) electrons. The number of fused-ring (bicyclic) bond motifs is 1. The number of aromatic nitrogens is 3. The molecular weight excluding hydrogens is 357 g/mol. The zero-order chi connectivity index (χ0) is 17.4. The predicted molar refractivity (Wildman–Crippen MR) is 99.2 cm³/mol. The lowest BCUT2D eigenvalue weighted by molar-refractivity contribution is 0.104. The summed E-state index contributed by atoms with van der Waals surface area (Å²) in [5.41, 5.74) is 3.19. The van der Waals surface area contributed by atoms with Crippen LogP contribution in [0.2, 0.25) is 10.0 Å². The number of halogens is 2. The molecule has 0 fully saturated rings. The standard InChI is InChI=1S/C19H11Cl2N3O/c20-15-4-1-5-16(21)17(15)18(25)14-10-24-19-13(14)7-12(9-23-19)11-3-2-6-22-8-11/h1-10H,(H,23,24). The molecule has 122 valence electrons. The summed E-state index contributed by atoms with van der Waals surface area (Å²) in [6.45, 7) is 0. The zero-order valence-corrected chi connectivity index (χ0v) is 14.3. The number of pyridine rings is 2. The first-order valence-corrected chi connectivity index (χ1v) is 8.27. The number of aromatic amines is 1. The van der Waals surface area contributed by atoms with Crippen molar-refractivity contribution in [1.29, 1.82) is 0 Å². The molecule has 0 saturated heterocycles. The third kappa shape index (κ3) is 2.80. The number of carbonyl (C=O) groups is 1. The quantitative estimate of drug-likeness (QED) is 0.508. The van der Waals surface area contributed by atoms with Crippen LogP contribution in [0.5, 0.6) is 0 Å². The average Bonchev–Trinajstić information content (AvgIpc) is 3.05. The third-order valence-electron chi connectivity index (χ3n) is 3.96. The molecule has 25 heavy (non-hydrogen) atoms. The van der Waals surface area contributed by atoms with E-state index in [1.807, 2.05) is 18.2 Å². The Labute approximate surface area is 153 Å². The number of benzene rings is 1. The minimum atomic E-state index is -0.244. The molecule has 0 aliphatic heterocycles. The lowest BCUT2D eigenvalue weighted by Crippen LogP contribution is -2.02. The maximum Gasteiger partial charge on any atom is 0.198 e. The van der Waals surface area contributed by atoms with Crippen LogP contribution >= 0.6 is 23.2 Å². The Morgan fingerprint density at radius 2 is 1.80 bits per heavy atom. The fraction of sp³-hybridized carbons (Fsp3) is 0. The third-order valence-corrected chi connectivity index (χ3v) is 4.59. The van der Waals surface area contributed by atoms with Crippen molar-refractivity contribution >= 4 is 40.0 Å². The SMILES string of the molecule is O=C(c1c(Cl)cccc1Cl)c1c[nH]c2ncc(-c3cccnc3)cc12. The van der Waals surface area contributed by atoms with Crippen LogP contribution in [0.4, 0.5) is 0 Å². The fourth-order valence-electron chi connectivity index (χ4n) is 2.73. The first-order chi connectivity index (χ1) is 12.1. The normalized spacial score (nSPS) is 11.0. The van der Waals surface area contributed by atoms with Crippen LogP contribution in [0, 0.1) is 0 Å². The van der Waals surface area contributed by atoms with Gasteiger partial charge in [0.25, 0.3) is 0 Å². The smallest absolute Gasteiger partial charge is 0.198 e. The van der Waals surface area contributed by atoms with Crippen molar-refractivity contribution < 1.29 is 4.79 Å². The zero-order valence-electron chi connectivity index (χ0n) is 12.8. The molecule has 3 aromatic heterocycles. The van der Waals surface area contributed by atoms with E-state index < -0.39 is 0 Å². The van der Waals surface area contributed by atoms with Gasteiger partial charge in [0.05, 0.1) is 15.6 Å². The molecule has 0 bridgehead atoms. The Balaban J connectivity index is 1.87. The number of hydrogen-bond donors (Lipinski definition) is 1. The Morgan fingerprint density at radius 1 is 1.00 bits per heavy atom. The van der Waals surface area contributed by atoms with Gasteiger partial charge in [0, 0.05) is 46.9 Å². The largest absolute Gasteiger partial charge is 0.345 e. The molecule has 0 unspecified atom stereocenters. The van der Waals surface area contributed by atoms with Crippen molar-refractivity contribution in [2.24, 2.45) is 0 Å². The van der Waals surface area contributed by atoms with Gasteiger partial charge >= 0.3 is 0 Å². The molecule has 0 spiro atoms. The second-order valence-corrected chi connectivity index (χ2v) is 6.30. The van der Waals surface area contributed by atoms with E-state index in [1.165, 1.54) is 0 Å². The fourth-order valence-corrected chi connectivity index (χ4v) is 3.30. The van der Waals surface area contributed by atoms with E-state index in [0.717, 1.165) is 11.1 Å². The molecule has 0 amide bonds. The Kier molecular flexibility index (Phi) is 3.99. The maximum atomic E-state index is 13.0. The minimum Gasteiger partial charge on any atom is -0.345 e. The number of carbonyl (C=O) groups excluding carboxylic acids is 1. The van der Waals surface area contributed by atoms with E-state index in [1.54, 1.807) is 43.0 Å². The van der Waals surface area contributed by atoms with Crippen molar-refractivity contribution in [2.75, 3.05) is 0 Å². The lowest BCUT2D eigenvalue weighted by atomic mass is 10.0. The molecule has 0 atom stereocenters. The Hall–Kier alpha value is -2.69. The molecule has 4 nitrogen and oxygen atoms in total. The summed E-state index contributed by atoms with van der Waals surface area (Å²) >= 11 is 12.4. The van der Waals surface area contributed by atoms with E-state index in [9.17, 15) is 4.79 Å². The highest BCUT2D eigenvalue weighted by Crippen LogP contribution is 2.30. The highest BCUT2D eigenvalue weighted by atomic mass is 35.5. The van der Waals surface area contributed by atoms with E-state index in [4.69, 9.17) is 23.2 Å². The van der Waals surface area contributed by atoms with E-state index >= 15 is 0 Å². The molecule has 6 heteroatoms. The lowest BCUT2D eigenvalue weighted by Gasteiger charge is -2.06. The van der Waals surface area contributed by atoms with Crippen LogP contribution in [0.15, 0.2) is 61.2 Å². The predicted octanol–water partition coefficient (Wildman–Crippen LogP) is 5.16. The second-order valence-electron chi connectivity index (χ2n) is 5.49. The molecule has 0 aliphatic carbocycles. The Bertz CT molecular complexity index is 1070. The van der Waals surface area contributed by atoms with Gasteiger partial charge in [-0.25, -0.2) is 4.98 Å². The van der Waals surface area contributed by atoms with Gasteiger partial charge in [-0.2, -0.15) is 0 Å². The summed E-state index contributed by atoms with van der Waals surface area (Å²) in [6.07, 6.45) is 6.83. The monoisotopic (exact) mass is 367 g/mol. The summed E-state index contributed by atoms with van der Waals surface area (Å²) < 4.78 is 0. The van der Waals surface area contributed by atoms with Crippen molar-refractivity contribution in [3.8, 4) is 11.1 Å². The summed E-state index contributed by atoms with van der Waals surface area (Å²) in [5, 5.41) is 1.36.